The van der Waals surface area contributed by atoms with Crippen molar-refractivity contribution in [2.24, 2.45) is 0 Å². The molecule has 0 aromatic heterocycles. The highest BCUT2D eigenvalue weighted by atomic mass is 35.5. The number of carbonyl (C=O) groups is 1. The lowest BCUT2D eigenvalue weighted by Crippen LogP contribution is -2.11. The van der Waals surface area contributed by atoms with Crippen molar-refractivity contribution in [2.45, 2.75) is 33.1 Å². The van der Waals surface area contributed by atoms with Crippen molar-refractivity contribution >= 4 is 17.6 Å². The molecule has 0 amide bonds. The van der Waals surface area contributed by atoms with Crippen LogP contribution in [-0.2, 0) is 17.6 Å². The number of carbonyl (C=O) groups excluding carboxylic acids is 1. The van der Waals surface area contributed by atoms with Gasteiger partial charge >= 0.3 is 12.1 Å². The monoisotopic (exact) mass is 372 g/mol. The number of alkyl halides is 3. The average Bonchev–Trinajstić information content (AvgIpc) is 2.54. The first-order chi connectivity index (χ1) is 11.7. The Labute approximate surface area is 148 Å². The molecule has 134 valence electrons. The van der Waals surface area contributed by atoms with Gasteiger partial charge < -0.3 is 9.47 Å². The van der Waals surface area contributed by atoms with E-state index in [4.69, 9.17) is 21.1 Å². The summed E-state index contributed by atoms with van der Waals surface area (Å²) in [4.78, 5) is 11.5. The molecule has 0 aliphatic carbocycles. The fourth-order valence-corrected chi connectivity index (χ4v) is 2.33. The van der Waals surface area contributed by atoms with E-state index < -0.39 is 17.7 Å². The van der Waals surface area contributed by atoms with Crippen LogP contribution in [0.2, 0.25) is 5.02 Å². The molecule has 0 radical (unpaired) electrons. The second kappa shape index (κ2) is 7.78. The van der Waals surface area contributed by atoms with Gasteiger partial charge in [-0.15, -0.1) is 0 Å². The van der Waals surface area contributed by atoms with Crippen LogP contribution in [0.3, 0.4) is 0 Å². The molecular weight excluding hydrogens is 357 g/mol. The zero-order chi connectivity index (χ0) is 18.6. The van der Waals surface area contributed by atoms with Crippen molar-refractivity contribution in [3.05, 3.63) is 58.1 Å². The van der Waals surface area contributed by atoms with E-state index in [2.05, 4.69) is 0 Å². The van der Waals surface area contributed by atoms with Crippen LogP contribution in [0.25, 0.3) is 0 Å². The van der Waals surface area contributed by atoms with E-state index in [1.54, 1.807) is 26.0 Å². The summed E-state index contributed by atoms with van der Waals surface area (Å²) in [5.74, 6) is -0.624. The second-order valence-corrected chi connectivity index (χ2v) is 5.74. The van der Waals surface area contributed by atoms with Crippen LogP contribution in [0.15, 0.2) is 36.4 Å². The van der Waals surface area contributed by atoms with E-state index in [0.717, 1.165) is 6.07 Å². The molecule has 0 fully saturated rings. The van der Waals surface area contributed by atoms with Crippen LogP contribution in [0.1, 0.15) is 30.0 Å². The molecule has 0 aliphatic heterocycles. The Morgan fingerprint density at radius 1 is 1.16 bits per heavy atom. The Kier molecular flexibility index (Phi) is 5.95. The Hall–Kier alpha value is -2.21. The van der Waals surface area contributed by atoms with Crippen molar-refractivity contribution in [3.8, 4) is 11.5 Å². The lowest BCUT2D eigenvalue weighted by atomic mass is 10.1. The van der Waals surface area contributed by atoms with Crippen LogP contribution in [-0.4, -0.2) is 5.97 Å². The molecule has 0 saturated carbocycles. The van der Waals surface area contributed by atoms with Gasteiger partial charge in [0.25, 0.3) is 0 Å². The molecule has 0 heterocycles. The van der Waals surface area contributed by atoms with Crippen LogP contribution < -0.4 is 9.47 Å². The summed E-state index contributed by atoms with van der Waals surface area (Å²) in [6.45, 7) is 2.93. The fourth-order valence-electron chi connectivity index (χ4n) is 2.11. The van der Waals surface area contributed by atoms with E-state index in [-0.39, 0.29) is 29.5 Å². The highest BCUT2D eigenvalue weighted by Crippen LogP contribution is 2.38. The van der Waals surface area contributed by atoms with E-state index in [1.165, 1.54) is 18.2 Å². The van der Waals surface area contributed by atoms with E-state index in [1.807, 2.05) is 0 Å². The van der Waals surface area contributed by atoms with Gasteiger partial charge in [-0.3, -0.25) is 4.79 Å². The minimum Gasteiger partial charge on any atom is -0.488 e. The highest BCUT2D eigenvalue weighted by molar-refractivity contribution is 6.31. The van der Waals surface area contributed by atoms with E-state index >= 15 is 0 Å². The molecule has 0 atom stereocenters. The maximum Gasteiger partial charge on any atom is 0.419 e. The lowest BCUT2D eigenvalue weighted by molar-refractivity contribution is -0.139. The minimum absolute atomic E-state index is 0.156. The van der Waals surface area contributed by atoms with Gasteiger partial charge in [-0.25, -0.2) is 0 Å². The zero-order valence-corrected chi connectivity index (χ0v) is 14.4. The van der Waals surface area contributed by atoms with E-state index in [0.29, 0.717) is 11.1 Å². The van der Waals surface area contributed by atoms with Crippen LogP contribution in [0, 0.1) is 6.92 Å². The topological polar surface area (TPSA) is 35.5 Å². The summed E-state index contributed by atoms with van der Waals surface area (Å²) in [7, 11) is 0. The predicted octanol–water partition coefficient (Wildman–Crippen LogP) is 5.56. The average molecular weight is 373 g/mol. The Morgan fingerprint density at radius 2 is 1.88 bits per heavy atom. The Morgan fingerprint density at radius 3 is 2.52 bits per heavy atom. The zero-order valence-electron chi connectivity index (χ0n) is 13.6. The quantitative estimate of drug-likeness (QED) is 0.509. The first kappa shape index (κ1) is 19.1. The van der Waals surface area contributed by atoms with Crippen LogP contribution >= 0.6 is 11.6 Å². The standard InChI is InChI=1S/C18H16ClF3O3/c1-3-17(23)25-15-6-4-5-14(19)12(15)10-24-16-8-7-11(2)9-13(16)18(20,21)22/h4-9H,3,10H2,1-2H3. The predicted molar refractivity (Wildman–Crippen MR) is 87.9 cm³/mol. The maximum absolute atomic E-state index is 13.2. The van der Waals surface area contributed by atoms with Crippen molar-refractivity contribution in [1.82, 2.24) is 0 Å². The molecule has 3 nitrogen and oxygen atoms in total. The highest BCUT2D eigenvalue weighted by Gasteiger charge is 2.34. The Balaban J connectivity index is 2.29. The molecular formula is C18H16ClF3O3. The van der Waals surface area contributed by atoms with Crippen molar-refractivity contribution < 1.29 is 27.4 Å². The smallest absolute Gasteiger partial charge is 0.419 e. The fraction of sp³-hybridized carbons (Fsp3) is 0.278. The summed E-state index contributed by atoms with van der Waals surface area (Å²) in [6.07, 6.45) is -4.39. The normalized spacial score (nSPS) is 11.3. The summed E-state index contributed by atoms with van der Waals surface area (Å²) in [5, 5.41) is 0.238. The molecule has 0 saturated heterocycles. The molecule has 0 unspecified atom stereocenters. The first-order valence-electron chi connectivity index (χ1n) is 7.51. The van der Waals surface area contributed by atoms with Crippen molar-refractivity contribution in [1.29, 1.82) is 0 Å². The number of aryl methyl sites for hydroxylation is 1. The molecule has 2 rings (SSSR count). The summed E-state index contributed by atoms with van der Waals surface area (Å²) < 4.78 is 50.0. The molecule has 0 aliphatic rings. The largest absolute Gasteiger partial charge is 0.488 e. The third-order valence-corrected chi connectivity index (χ3v) is 3.75. The molecule has 7 heteroatoms. The number of esters is 1. The summed E-state index contributed by atoms with van der Waals surface area (Å²) in [6, 6.07) is 8.43. The van der Waals surface area contributed by atoms with Gasteiger partial charge in [0.05, 0.1) is 16.1 Å². The molecule has 0 N–H and O–H groups in total. The third-order valence-electron chi connectivity index (χ3n) is 3.40. The van der Waals surface area contributed by atoms with Gasteiger partial charge in [0.1, 0.15) is 18.1 Å². The van der Waals surface area contributed by atoms with Crippen LogP contribution in [0.5, 0.6) is 11.5 Å². The van der Waals surface area contributed by atoms with Crippen LogP contribution in [0.4, 0.5) is 13.2 Å². The second-order valence-electron chi connectivity index (χ2n) is 5.33. The van der Waals surface area contributed by atoms with Crippen molar-refractivity contribution in [2.75, 3.05) is 0 Å². The summed E-state index contributed by atoms with van der Waals surface area (Å²) >= 11 is 6.08. The lowest BCUT2D eigenvalue weighted by Gasteiger charge is -2.16. The van der Waals surface area contributed by atoms with Gasteiger partial charge in [0, 0.05) is 6.42 Å². The molecule has 2 aromatic carbocycles. The van der Waals surface area contributed by atoms with Gasteiger partial charge in [0.15, 0.2) is 0 Å². The maximum atomic E-state index is 13.2. The Bertz CT molecular complexity index is 773. The minimum atomic E-state index is -4.54. The molecule has 0 spiro atoms. The number of rotatable bonds is 5. The van der Waals surface area contributed by atoms with Gasteiger partial charge in [-0.05, 0) is 31.2 Å². The number of halogens is 4. The number of benzene rings is 2. The van der Waals surface area contributed by atoms with Crippen molar-refractivity contribution in [3.63, 3.8) is 0 Å². The number of hydrogen-bond acceptors (Lipinski definition) is 3. The number of ether oxygens (including phenoxy) is 2. The van der Waals surface area contributed by atoms with Gasteiger partial charge in [-0.2, -0.15) is 13.2 Å². The first-order valence-corrected chi connectivity index (χ1v) is 7.89. The van der Waals surface area contributed by atoms with Gasteiger partial charge in [0.2, 0.25) is 0 Å². The molecule has 2 aromatic rings. The molecule has 25 heavy (non-hydrogen) atoms. The third kappa shape index (κ3) is 4.89. The van der Waals surface area contributed by atoms with Gasteiger partial charge in [-0.1, -0.05) is 36.2 Å². The molecule has 0 bridgehead atoms. The van der Waals surface area contributed by atoms with E-state index in [9.17, 15) is 18.0 Å². The SMILES string of the molecule is CCC(=O)Oc1cccc(Cl)c1COc1ccc(C)cc1C(F)(F)F. The number of hydrogen-bond donors (Lipinski definition) is 0. The summed E-state index contributed by atoms with van der Waals surface area (Å²) in [5.41, 5.74) is -0.0960.